The zero-order valence-electron chi connectivity index (χ0n) is 21.5. The summed E-state index contributed by atoms with van der Waals surface area (Å²) in [5.74, 6) is -0.535. The molecule has 0 saturated carbocycles. The second-order valence-electron chi connectivity index (χ2n) is 9.46. The molecule has 1 aromatic rings. The topological polar surface area (TPSA) is 92.8 Å². The van der Waals surface area contributed by atoms with E-state index in [1.165, 1.54) is 13.2 Å². The van der Waals surface area contributed by atoms with Crippen LogP contribution in [0.2, 0.25) is 0 Å². The standard InChI is InChI=1S/C27H34Cl2N2O5/c1-17-14-22(32)24(18(2)25(17)34)27(3,4)16-23(33)30-21(26(35)36-5)15-19-6-8-20(9-7-19)31(12-10-28)13-11-29/h6-9,14,21H,10-13,15-16H2,1-5H3,(H,30,33)/t21-/m0/s1. The smallest absolute Gasteiger partial charge is 0.328 e. The van der Waals surface area contributed by atoms with Crippen molar-refractivity contribution in [1.82, 2.24) is 5.32 Å². The first-order chi connectivity index (χ1) is 16.9. The van der Waals surface area contributed by atoms with Crippen molar-refractivity contribution in [3.05, 3.63) is 52.6 Å². The van der Waals surface area contributed by atoms with Gasteiger partial charge in [-0.2, -0.15) is 0 Å². The van der Waals surface area contributed by atoms with Gasteiger partial charge in [-0.25, -0.2) is 4.79 Å². The molecular weight excluding hydrogens is 503 g/mol. The van der Waals surface area contributed by atoms with E-state index in [1.54, 1.807) is 27.7 Å². The minimum atomic E-state index is -0.910. The van der Waals surface area contributed by atoms with Crippen molar-refractivity contribution in [3.63, 3.8) is 0 Å². The van der Waals surface area contributed by atoms with Crippen molar-refractivity contribution < 1.29 is 23.9 Å². The molecule has 1 N–H and O–H groups in total. The summed E-state index contributed by atoms with van der Waals surface area (Å²) in [6.45, 7) is 8.00. The molecule has 0 fully saturated rings. The third-order valence-corrected chi connectivity index (χ3v) is 6.56. The van der Waals surface area contributed by atoms with Crippen molar-refractivity contribution in [1.29, 1.82) is 0 Å². The Morgan fingerprint density at radius 1 is 1.06 bits per heavy atom. The Morgan fingerprint density at radius 2 is 1.64 bits per heavy atom. The molecule has 7 nitrogen and oxygen atoms in total. The molecule has 9 heteroatoms. The average molecular weight is 537 g/mol. The van der Waals surface area contributed by atoms with Crippen molar-refractivity contribution in [2.45, 2.75) is 46.6 Å². The maximum Gasteiger partial charge on any atom is 0.328 e. The molecule has 2 rings (SSSR count). The van der Waals surface area contributed by atoms with Gasteiger partial charge in [0.15, 0.2) is 11.6 Å². The highest BCUT2D eigenvalue weighted by molar-refractivity contribution is 6.22. The minimum absolute atomic E-state index is 0.0795. The van der Waals surface area contributed by atoms with E-state index in [0.717, 1.165) is 11.3 Å². The van der Waals surface area contributed by atoms with Gasteiger partial charge in [-0.3, -0.25) is 14.4 Å². The van der Waals surface area contributed by atoms with Gasteiger partial charge in [0.2, 0.25) is 5.91 Å². The SMILES string of the molecule is COC(=O)[C@H](Cc1ccc(N(CCCl)CCCl)cc1)NC(=O)CC(C)(C)C1=C(C)C(=O)C(C)=CC1=O. The minimum Gasteiger partial charge on any atom is -0.467 e. The first-order valence-corrected chi connectivity index (χ1v) is 12.8. The molecule has 0 unspecified atom stereocenters. The third kappa shape index (κ3) is 7.43. The molecule has 0 aliphatic heterocycles. The van der Waals surface area contributed by atoms with Gasteiger partial charge in [-0.1, -0.05) is 26.0 Å². The van der Waals surface area contributed by atoms with E-state index >= 15 is 0 Å². The number of halogens is 2. The number of esters is 1. The number of rotatable bonds is 12. The fraction of sp³-hybridized carbons (Fsp3) is 0.481. The van der Waals surface area contributed by atoms with Crippen LogP contribution in [0.3, 0.4) is 0 Å². The second kappa shape index (κ2) is 13.1. The third-order valence-electron chi connectivity index (χ3n) is 6.22. The Bertz CT molecular complexity index is 1050. The summed E-state index contributed by atoms with van der Waals surface area (Å²) in [5.41, 5.74) is 1.93. The largest absolute Gasteiger partial charge is 0.467 e. The number of methoxy groups -OCH3 is 1. The van der Waals surface area contributed by atoms with Gasteiger partial charge in [0, 0.05) is 65.5 Å². The number of hydrogen-bond donors (Lipinski definition) is 1. The molecule has 1 aromatic carbocycles. The molecule has 36 heavy (non-hydrogen) atoms. The highest BCUT2D eigenvalue weighted by Gasteiger charge is 2.36. The van der Waals surface area contributed by atoms with E-state index in [0.29, 0.717) is 41.6 Å². The van der Waals surface area contributed by atoms with Crippen molar-refractivity contribution >= 4 is 52.3 Å². The molecule has 1 amide bonds. The molecule has 1 aliphatic carbocycles. The number of alkyl halides is 2. The molecule has 0 spiro atoms. The van der Waals surface area contributed by atoms with Crippen LogP contribution in [0.1, 0.15) is 39.7 Å². The summed E-state index contributed by atoms with van der Waals surface area (Å²) in [5, 5.41) is 2.75. The number of anilines is 1. The summed E-state index contributed by atoms with van der Waals surface area (Å²) < 4.78 is 4.91. The van der Waals surface area contributed by atoms with Crippen LogP contribution in [0, 0.1) is 5.41 Å². The van der Waals surface area contributed by atoms with Gasteiger partial charge >= 0.3 is 5.97 Å². The van der Waals surface area contributed by atoms with E-state index in [2.05, 4.69) is 10.2 Å². The highest BCUT2D eigenvalue weighted by atomic mass is 35.5. The van der Waals surface area contributed by atoms with Crippen molar-refractivity contribution in [2.75, 3.05) is 36.9 Å². The quantitative estimate of drug-likeness (QED) is 0.246. The van der Waals surface area contributed by atoms with Gasteiger partial charge in [0.05, 0.1) is 7.11 Å². The van der Waals surface area contributed by atoms with Gasteiger partial charge in [0.1, 0.15) is 6.04 Å². The Balaban J connectivity index is 2.15. The fourth-order valence-electron chi connectivity index (χ4n) is 4.49. The maximum absolute atomic E-state index is 13.0. The normalized spacial score (nSPS) is 14.9. The molecule has 1 atom stereocenters. The fourth-order valence-corrected chi connectivity index (χ4v) is 4.90. The van der Waals surface area contributed by atoms with Crippen LogP contribution in [0.25, 0.3) is 0 Å². The van der Waals surface area contributed by atoms with E-state index in [1.807, 2.05) is 24.3 Å². The number of nitrogens with one attached hydrogen (secondary N) is 1. The van der Waals surface area contributed by atoms with Crippen LogP contribution in [0.5, 0.6) is 0 Å². The predicted octanol–water partition coefficient (Wildman–Crippen LogP) is 4.00. The zero-order chi connectivity index (χ0) is 27.0. The number of nitrogens with zero attached hydrogens (tertiary/aromatic N) is 1. The summed E-state index contributed by atoms with van der Waals surface area (Å²) in [6, 6.07) is 6.69. The average Bonchev–Trinajstić information content (AvgIpc) is 2.81. The number of carbonyl (C=O) groups excluding carboxylic acids is 4. The molecule has 196 valence electrons. The lowest BCUT2D eigenvalue weighted by molar-refractivity contribution is -0.145. The Kier molecular flexibility index (Phi) is 10.7. The molecule has 0 heterocycles. The van der Waals surface area contributed by atoms with Crippen molar-refractivity contribution in [2.24, 2.45) is 5.41 Å². The van der Waals surface area contributed by atoms with Crippen LogP contribution < -0.4 is 10.2 Å². The van der Waals surface area contributed by atoms with Crippen LogP contribution in [-0.2, 0) is 30.3 Å². The zero-order valence-corrected chi connectivity index (χ0v) is 23.0. The van der Waals surface area contributed by atoms with Crippen LogP contribution >= 0.6 is 23.2 Å². The summed E-state index contributed by atoms with van der Waals surface area (Å²) >= 11 is 11.8. The number of hydrogen-bond acceptors (Lipinski definition) is 6. The monoisotopic (exact) mass is 536 g/mol. The number of carbonyl (C=O) groups is 4. The van der Waals surface area contributed by atoms with E-state index in [9.17, 15) is 19.2 Å². The molecule has 0 aromatic heterocycles. The Morgan fingerprint density at radius 3 is 2.17 bits per heavy atom. The van der Waals surface area contributed by atoms with Crippen LogP contribution in [0.15, 0.2) is 47.1 Å². The molecule has 0 saturated heterocycles. The number of allylic oxidation sites excluding steroid dienone is 4. The Hall–Kier alpha value is -2.64. The lowest BCUT2D eigenvalue weighted by Gasteiger charge is -2.30. The number of benzene rings is 1. The Labute approximate surface area is 222 Å². The summed E-state index contributed by atoms with van der Waals surface area (Å²) in [6.07, 6.45) is 1.46. The van der Waals surface area contributed by atoms with Crippen molar-refractivity contribution in [3.8, 4) is 0 Å². The predicted molar refractivity (Wildman–Crippen MR) is 143 cm³/mol. The van der Waals surface area contributed by atoms with Gasteiger partial charge in [0.25, 0.3) is 0 Å². The van der Waals surface area contributed by atoms with E-state index in [4.69, 9.17) is 27.9 Å². The number of ketones is 2. The summed E-state index contributed by atoms with van der Waals surface area (Å²) in [4.78, 5) is 52.6. The highest BCUT2D eigenvalue weighted by Crippen LogP contribution is 2.36. The lowest BCUT2D eigenvalue weighted by atomic mass is 9.73. The van der Waals surface area contributed by atoms with Gasteiger partial charge < -0.3 is 15.0 Å². The second-order valence-corrected chi connectivity index (χ2v) is 10.2. The molecule has 0 bridgehead atoms. The number of Topliss-reactive ketones (excluding diaryl/α,β-unsaturated/α-hetero) is 1. The first kappa shape index (κ1) is 29.6. The van der Waals surface area contributed by atoms with Gasteiger partial charge in [-0.05, 0) is 37.6 Å². The van der Waals surface area contributed by atoms with Gasteiger partial charge in [-0.15, -0.1) is 23.2 Å². The maximum atomic E-state index is 13.0. The number of amides is 1. The molecular formula is C27H34Cl2N2O5. The molecule has 1 aliphatic rings. The molecule has 0 radical (unpaired) electrons. The first-order valence-electron chi connectivity index (χ1n) is 11.8. The van der Waals surface area contributed by atoms with E-state index < -0.39 is 23.3 Å². The number of ether oxygens (including phenoxy) is 1. The van der Waals surface area contributed by atoms with Crippen LogP contribution in [-0.4, -0.2) is 61.4 Å². The summed E-state index contributed by atoms with van der Waals surface area (Å²) in [7, 11) is 1.26. The lowest BCUT2D eigenvalue weighted by Crippen LogP contribution is -2.44. The van der Waals surface area contributed by atoms with E-state index in [-0.39, 0.29) is 24.4 Å². The van der Waals surface area contributed by atoms with Crippen LogP contribution in [0.4, 0.5) is 5.69 Å².